The quantitative estimate of drug-likeness (QED) is 0.644. The summed E-state index contributed by atoms with van der Waals surface area (Å²) in [4.78, 5) is 0. The van der Waals surface area contributed by atoms with Crippen molar-refractivity contribution in [3.05, 3.63) is 65.7 Å². The van der Waals surface area contributed by atoms with E-state index in [1.165, 1.54) is 5.56 Å². The summed E-state index contributed by atoms with van der Waals surface area (Å²) in [6, 6.07) is 18.5. The average Bonchev–Trinajstić information content (AvgIpc) is 2.62. The molecule has 1 aliphatic carbocycles. The highest BCUT2D eigenvalue weighted by Gasteiger charge is 2.44. The van der Waals surface area contributed by atoms with Gasteiger partial charge in [0.2, 0.25) is 0 Å². The summed E-state index contributed by atoms with van der Waals surface area (Å²) in [5, 5.41) is 2.21. The first-order valence-corrected chi connectivity index (χ1v) is 8.36. The van der Waals surface area contributed by atoms with Crippen molar-refractivity contribution in [3.8, 4) is 17.2 Å². The Morgan fingerprint density at radius 3 is 2.42 bits per heavy atom. The zero-order chi connectivity index (χ0) is 16.1. The number of rotatable bonds is 1. The SMILES string of the molecule is COc1ccc2c(c1)CCCC21Oc2cccc3cccc(c23)O1. The Kier molecular flexibility index (Phi) is 2.81. The van der Waals surface area contributed by atoms with E-state index in [-0.39, 0.29) is 0 Å². The molecule has 3 aromatic carbocycles. The molecule has 3 heteroatoms. The molecule has 1 aliphatic heterocycles. The predicted octanol–water partition coefficient (Wildman–Crippen LogP) is 4.81. The molecule has 0 radical (unpaired) electrons. The van der Waals surface area contributed by atoms with Gasteiger partial charge < -0.3 is 14.2 Å². The van der Waals surface area contributed by atoms with Crippen LogP contribution < -0.4 is 14.2 Å². The van der Waals surface area contributed by atoms with Crippen LogP contribution in [0.25, 0.3) is 10.8 Å². The molecular formula is C21H18O3. The zero-order valence-corrected chi connectivity index (χ0v) is 13.5. The van der Waals surface area contributed by atoms with Crippen LogP contribution in [0.15, 0.2) is 54.6 Å². The molecule has 1 heterocycles. The standard InChI is InChI=1S/C21H18O3/c1-22-16-10-11-17-15(13-16)7-4-12-21(17)23-18-8-2-5-14-6-3-9-19(24-21)20(14)18/h2-3,5-6,8-11,13H,4,7,12H2,1H3. The number of benzene rings is 3. The third kappa shape index (κ3) is 1.84. The van der Waals surface area contributed by atoms with Crippen molar-refractivity contribution >= 4 is 10.8 Å². The fourth-order valence-electron chi connectivity index (χ4n) is 3.95. The average molecular weight is 318 g/mol. The van der Waals surface area contributed by atoms with E-state index in [4.69, 9.17) is 14.2 Å². The summed E-state index contributed by atoms with van der Waals surface area (Å²) in [5.74, 6) is 1.95. The molecule has 0 atom stereocenters. The third-order valence-corrected chi connectivity index (χ3v) is 5.05. The minimum absolute atomic E-state index is 0.734. The second-order valence-electron chi connectivity index (χ2n) is 6.44. The second-order valence-corrected chi connectivity index (χ2v) is 6.44. The lowest BCUT2D eigenvalue weighted by molar-refractivity contribution is -0.138. The van der Waals surface area contributed by atoms with Gasteiger partial charge in [-0.2, -0.15) is 0 Å². The van der Waals surface area contributed by atoms with Crippen molar-refractivity contribution in [3.63, 3.8) is 0 Å². The number of hydrogen-bond acceptors (Lipinski definition) is 3. The van der Waals surface area contributed by atoms with Crippen LogP contribution in [0, 0.1) is 0 Å². The minimum atomic E-state index is -0.734. The number of aryl methyl sites for hydroxylation is 1. The molecule has 0 amide bonds. The molecule has 0 unspecified atom stereocenters. The smallest absolute Gasteiger partial charge is 0.278 e. The van der Waals surface area contributed by atoms with Gasteiger partial charge in [-0.25, -0.2) is 0 Å². The Morgan fingerprint density at radius 1 is 0.958 bits per heavy atom. The van der Waals surface area contributed by atoms with Crippen molar-refractivity contribution in [2.75, 3.05) is 7.11 Å². The highest BCUT2D eigenvalue weighted by Crippen LogP contribution is 2.49. The van der Waals surface area contributed by atoms with E-state index < -0.39 is 5.79 Å². The van der Waals surface area contributed by atoms with E-state index in [1.807, 2.05) is 30.3 Å². The largest absolute Gasteiger partial charge is 0.497 e. The van der Waals surface area contributed by atoms with Gasteiger partial charge in [0.25, 0.3) is 5.79 Å². The number of ether oxygens (including phenoxy) is 3. The van der Waals surface area contributed by atoms with E-state index in [1.54, 1.807) is 7.11 Å². The van der Waals surface area contributed by atoms with Gasteiger partial charge in [0.1, 0.15) is 17.2 Å². The Bertz CT molecular complexity index is 904. The molecule has 0 saturated carbocycles. The fraction of sp³-hybridized carbons (Fsp3) is 0.238. The molecular weight excluding hydrogens is 300 g/mol. The van der Waals surface area contributed by atoms with E-state index >= 15 is 0 Å². The van der Waals surface area contributed by atoms with Crippen molar-refractivity contribution in [1.82, 2.24) is 0 Å². The molecule has 1 spiro atoms. The molecule has 120 valence electrons. The summed E-state index contributed by atoms with van der Waals surface area (Å²) in [5.41, 5.74) is 2.35. The highest BCUT2D eigenvalue weighted by atomic mass is 16.7. The first-order valence-electron chi connectivity index (χ1n) is 8.36. The van der Waals surface area contributed by atoms with Crippen molar-refractivity contribution < 1.29 is 14.2 Å². The van der Waals surface area contributed by atoms with Crippen molar-refractivity contribution in [2.24, 2.45) is 0 Å². The molecule has 24 heavy (non-hydrogen) atoms. The van der Waals surface area contributed by atoms with Crippen LogP contribution in [0.1, 0.15) is 24.0 Å². The van der Waals surface area contributed by atoms with Crippen LogP contribution in [-0.4, -0.2) is 7.11 Å². The lowest BCUT2D eigenvalue weighted by atomic mass is 9.85. The van der Waals surface area contributed by atoms with Crippen LogP contribution >= 0.6 is 0 Å². The van der Waals surface area contributed by atoms with E-state index in [0.717, 1.165) is 52.8 Å². The van der Waals surface area contributed by atoms with Gasteiger partial charge in [-0.05, 0) is 54.1 Å². The zero-order valence-electron chi connectivity index (χ0n) is 13.5. The summed E-state index contributed by atoms with van der Waals surface area (Å²) in [7, 11) is 1.70. The Balaban J connectivity index is 1.70. The first kappa shape index (κ1) is 13.7. The minimum Gasteiger partial charge on any atom is -0.497 e. The van der Waals surface area contributed by atoms with Crippen LogP contribution in [0.4, 0.5) is 0 Å². The van der Waals surface area contributed by atoms with E-state index in [2.05, 4.69) is 24.3 Å². The van der Waals surface area contributed by atoms with Gasteiger partial charge in [0.05, 0.1) is 12.5 Å². The highest BCUT2D eigenvalue weighted by molar-refractivity contribution is 5.94. The Morgan fingerprint density at radius 2 is 1.71 bits per heavy atom. The normalized spacial score (nSPS) is 17.0. The molecule has 0 bridgehead atoms. The molecule has 3 nitrogen and oxygen atoms in total. The maximum absolute atomic E-state index is 6.47. The molecule has 0 fully saturated rings. The fourth-order valence-corrected chi connectivity index (χ4v) is 3.95. The maximum Gasteiger partial charge on any atom is 0.278 e. The van der Waals surface area contributed by atoms with Crippen LogP contribution in [-0.2, 0) is 12.2 Å². The van der Waals surface area contributed by atoms with Gasteiger partial charge >= 0.3 is 0 Å². The monoisotopic (exact) mass is 318 g/mol. The number of fused-ring (bicyclic) bond motifs is 2. The van der Waals surface area contributed by atoms with Crippen LogP contribution in [0.2, 0.25) is 0 Å². The lowest BCUT2D eigenvalue weighted by Crippen LogP contribution is -2.44. The third-order valence-electron chi connectivity index (χ3n) is 5.05. The van der Waals surface area contributed by atoms with Gasteiger partial charge in [-0.15, -0.1) is 0 Å². The van der Waals surface area contributed by atoms with Crippen molar-refractivity contribution in [1.29, 1.82) is 0 Å². The van der Waals surface area contributed by atoms with Gasteiger partial charge in [-0.1, -0.05) is 24.3 Å². The summed E-state index contributed by atoms with van der Waals surface area (Å²) in [6.45, 7) is 0. The van der Waals surface area contributed by atoms with Crippen LogP contribution in [0.3, 0.4) is 0 Å². The Hall–Kier alpha value is -2.68. The molecule has 5 rings (SSSR count). The molecule has 3 aromatic rings. The number of hydrogen-bond donors (Lipinski definition) is 0. The lowest BCUT2D eigenvalue weighted by Gasteiger charge is -2.42. The Labute approximate surface area is 140 Å². The van der Waals surface area contributed by atoms with Gasteiger partial charge in [0, 0.05) is 12.0 Å². The summed E-state index contributed by atoms with van der Waals surface area (Å²) >= 11 is 0. The summed E-state index contributed by atoms with van der Waals surface area (Å²) < 4.78 is 18.3. The molecule has 0 aromatic heterocycles. The molecule has 0 N–H and O–H groups in total. The second kappa shape index (κ2) is 4.91. The maximum atomic E-state index is 6.47. The van der Waals surface area contributed by atoms with Gasteiger partial charge in [0.15, 0.2) is 0 Å². The van der Waals surface area contributed by atoms with E-state index in [9.17, 15) is 0 Å². The molecule has 2 aliphatic rings. The topological polar surface area (TPSA) is 27.7 Å². The predicted molar refractivity (Wildman–Crippen MR) is 92.8 cm³/mol. The van der Waals surface area contributed by atoms with Gasteiger partial charge in [-0.3, -0.25) is 0 Å². The van der Waals surface area contributed by atoms with Crippen molar-refractivity contribution in [2.45, 2.75) is 25.0 Å². The summed E-state index contributed by atoms with van der Waals surface area (Å²) in [6.07, 6.45) is 2.89. The number of methoxy groups -OCH3 is 1. The van der Waals surface area contributed by atoms with Crippen LogP contribution in [0.5, 0.6) is 17.2 Å². The first-order chi connectivity index (χ1) is 11.8. The molecule has 0 saturated heterocycles. The van der Waals surface area contributed by atoms with E-state index in [0.29, 0.717) is 0 Å².